The van der Waals surface area contributed by atoms with Crippen molar-refractivity contribution in [3.8, 4) is 49.4 Å². The van der Waals surface area contributed by atoms with Crippen LogP contribution in [0.15, 0.2) is 68.5 Å². The van der Waals surface area contributed by atoms with Gasteiger partial charge in [-0.25, -0.2) is 0 Å². The predicted molar refractivity (Wildman–Crippen MR) is 77.5 cm³/mol. The summed E-state index contributed by atoms with van der Waals surface area (Å²) in [7, 11) is 0. The molecule has 0 unspecified atom stereocenters. The fourth-order valence-electron chi connectivity index (χ4n) is 0.603. The third kappa shape index (κ3) is 7.99. The van der Waals surface area contributed by atoms with E-state index in [0.717, 1.165) is 0 Å². The Kier molecular flexibility index (Phi) is 8.89. The average molecular weight is 244 g/mol. The lowest BCUT2D eigenvalue weighted by Crippen LogP contribution is -1.61. The van der Waals surface area contributed by atoms with E-state index in [9.17, 15) is 0 Å². The first kappa shape index (κ1) is 15.8. The lowest BCUT2D eigenvalue weighted by Gasteiger charge is -1.68. The van der Waals surface area contributed by atoms with Crippen molar-refractivity contribution in [2.75, 3.05) is 0 Å². The summed E-state index contributed by atoms with van der Waals surface area (Å²) in [4.78, 5) is 0. The quantitative estimate of drug-likeness (QED) is 0.453. The molecule has 0 aliphatic rings. The molecule has 0 aromatic rings. The van der Waals surface area contributed by atoms with Gasteiger partial charge in [-0.15, -0.1) is 25.7 Å². The molecule has 20 heavy (non-hydrogen) atoms. The topological polar surface area (TPSA) is 0 Å². The molecule has 0 spiro atoms. The second-order valence-corrected chi connectivity index (χ2v) is 2.58. The van der Waals surface area contributed by atoms with E-state index in [2.05, 4.69) is 81.0 Å². The zero-order valence-electron chi connectivity index (χ0n) is 10.3. The predicted octanol–water partition coefficient (Wildman–Crippen LogP) is 2.37. The van der Waals surface area contributed by atoms with E-state index in [-0.39, 0.29) is 11.1 Å². The van der Waals surface area contributed by atoms with Gasteiger partial charge in [-0.2, -0.15) is 0 Å². The third-order valence-corrected chi connectivity index (χ3v) is 1.39. The normalized spacial score (nSPS) is 4.80. The molecular formula is C20H4. The Bertz CT molecular complexity index is 848. The summed E-state index contributed by atoms with van der Waals surface area (Å²) in [6.45, 7) is 0. The van der Waals surface area contributed by atoms with E-state index >= 15 is 0 Å². The molecule has 0 bridgehead atoms. The van der Waals surface area contributed by atoms with E-state index in [0.29, 0.717) is 0 Å². The van der Waals surface area contributed by atoms with Gasteiger partial charge in [0.05, 0.1) is 0 Å². The first-order chi connectivity index (χ1) is 9.78. The molecular weight excluding hydrogens is 240 g/mol. The Morgan fingerprint density at radius 3 is 0.900 bits per heavy atom. The monoisotopic (exact) mass is 244 g/mol. The largest absolute Gasteiger partial charge is 0.124 e. The first-order valence-corrected chi connectivity index (χ1v) is 4.90. The van der Waals surface area contributed by atoms with Crippen molar-refractivity contribution in [3.05, 3.63) is 68.5 Å². The van der Waals surface area contributed by atoms with E-state index in [1.807, 2.05) is 0 Å². The van der Waals surface area contributed by atoms with Gasteiger partial charge in [-0.1, -0.05) is 23.7 Å². The molecule has 0 radical (unpaired) electrons. The van der Waals surface area contributed by atoms with Crippen LogP contribution in [0.25, 0.3) is 0 Å². The van der Waals surface area contributed by atoms with Crippen molar-refractivity contribution >= 4 is 0 Å². The second-order valence-electron chi connectivity index (χ2n) is 2.58. The van der Waals surface area contributed by atoms with Crippen molar-refractivity contribution in [3.63, 3.8) is 0 Å². The average Bonchev–Trinajstić information content (AvgIpc) is 2.49. The lowest BCUT2D eigenvalue weighted by atomic mass is 10.3. The fraction of sp³-hybridized carbons (Fsp3) is 0. The highest BCUT2D eigenvalue weighted by atomic mass is 13.7. The molecule has 0 aliphatic carbocycles. The molecule has 0 N–H and O–H groups in total. The summed E-state index contributed by atoms with van der Waals surface area (Å²) in [6, 6.07) is 0. The molecule has 0 aliphatic heterocycles. The highest BCUT2D eigenvalue weighted by Crippen LogP contribution is 1.81. The standard InChI is InChI=1S/C20H4/c1-5-19(6-2)17-15-13-11-9-10-12-14-16-18-20(7-3)8-4/h1-4H. The summed E-state index contributed by atoms with van der Waals surface area (Å²) in [5.41, 5.74) is 25.1. The van der Waals surface area contributed by atoms with E-state index in [4.69, 9.17) is 25.7 Å². The Balaban J connectivity index is 5.84. The Hall–Kier alpha value is -4.22. The zero-order valence-corrected chi connectivity index (χ0v) is 10.3. The van der Waals surface area contributed by atoms with Crippen LogP contribution < -0.4 is 0 Å². The summed E-state index contributed by atoms with van der Waals surface area (Å²) in [5, 5.41) is 0. The summed E-state index contributed by atoms with van der Waals surface area (Å²) >= 11 is 0. The minimum Gasteiger partial charge on any atom is -0.113 e. The summed E-state index contributed by atoms with van der Waals surface area (Å²) in [6.07, 6.45) is 20.3. The van der Waals surface area contributed by atoms with Crippen LogP contribution in [0.5, 0.6) is 0 Å². The molecule has 0 heterocycles. The van der Waals surface area contributed by atoms with Crippen LogP contribution in [0.1, 0.15) is 0 Å². The van der Waals surface area contributed by atoms with Crippen molar-refractivity contribution in [2.24, 2.45) is 0 Å². The van der Waals surface area contributed by atoms with Gasteiger partial charge in [-0.05, 0) is 57.3 Å². The molecule has 0 heteroatoms. The number of hydrogen-bond acceptors (Lipinski definition) is 0. The molecule has 0 aromatic heterocycles. The van der Waals surface area contributed by atoms with Crippen LogP contribution in [-0.2, 0) is 0 Å². The Morgan fingerprint density at radius 1 is 0.400 bits per heavy atom. The maximum absolute atomic E-state index is 5.07. The molecule has 0 atom stereocenters. The van der Waals surface area contributed by atoms with Gasteiger partial charge >= 0.3 is 0 Å². The van der Waals surface area contributed by atoms with E-state index < -0.39 is 0 Å². The van der Waals surface area contributed by atoms with Crippen molar-refractivity contribution < 1.29 is 0 Å². The molecule has 0 aromatic carbocycles. The van der Waals surface area contributed by atoms with E-state index in [1.165, 1.54) is 0 Å². The van der Waals surface area contributed by atoms with Gasteiger partial charge in [0, 0.05) is 0 Å². The molecule has 0 saturated heterocycles. The van der Waals surface area contributed by atoms with Crippen LogP contribution in [0, 0.1) is 49.4 Å². The Morgan fingerprint density at radius 2 is 0.650 bits per heavy atom. The molecule has 0 nitrogen and oxygen atoms in total. The molecule has 0 saturated carbocycles. The van der Waals surface area contributed by atoms with Crippen LogP contribution in [0.4, 0.5) is 0 Å². The number of terminal acetylenes is 4. The second kappa shape index (κ2) is 11.3. The maximum Gasteiger partial charge on any atom is 0.124 e. The van der Waals surface area contributed by atoms with Gasteiger partial charge < -0.3 is 0 Å². The van der Waals surface area contributed by atoms with Gasteiger partial charge in [0.2, 0.25) is 0 Å². The summed E-state index contributed by atoms with van der Waals surface area (Å²) in [5.74, 6) is 8.92. The smallest absolute Gasteiger partial charge is 0.113 e. The van der Waals surface area contributed by atoms with Gasteiger partial charge in [0.1, 0.15) is 11.1 Å². The minimum atomic E-state index is 0.233. The third-order valence-electron chi connectivity index (χ3n) is 1.39. The lowest BCUT2D eigenvalue weighted by molar-refractivity contribution is 1.94. The number of rotatable bonds is 0. The fourth-order valence-corrected chi connectivity index (χ4v) is 0.603. The van der Waals surface area contributed by atoms with Crippen LogP contribution in [0.3, 0.4) is 0 Å². The highest BCUT2D eigenvalue weighted by molar-refractivity contribution is 5.40. The number of hydrogen-bond donors (Lipinski definition) is 0. The van der Waals surface area contributed by atoms with Crippen LogP contribution in [-0.4, -0.2) is 0 Å². The van der Waals surface area contributed by atoms with Crippen molar-refractivity contribution in [1.82, 2.24) is 0 Å². The minimum absolute atomic E-state index is 0.233. The number of allylic oxidation sites excluding steroid dienone is 2. The molecule has 0 rings (SSSR count). The van der Waals surface area contributed by atoms with Crippen molar-refractivity contribution in [2.45, 2.75) is 0 Å². The van der Waals surface area contributed by atoms with Crippen LogP contribution in [0.2, 0.25) is 0 Å². The maximum atomic E-state index is 5.07. The van der Waals surface area contributed by atoms with E-state index in [1.54, 1.807) is 0 Å². The Labute approximate surface area is 118 Å². The van der Waals surface area contributed by atoms with Gasteiger partial charge in [0.15, 0.2) is 0 Å². The molecule has 0 amide bonds. The molecule has 0 fully saturated rings. The summed E-state index contributed by atoms with van der Waals surface area (Å²) < 4.78 is 0. The molecule has 84 valence electrons. The first-order valence-electron chi connectivity index (χ1n) is 4.90. The van der Waals surface area contributed by atoms with Crippen molar-refractivity contribution in [1.29, 1.82) is 0 Å². The SMILES string of the molecule is C#CC(=C=C=C=C=C=C=C=C=C=C=C(C#C)C#C)C#C. The zero-order chi connectivity index (χ0) is 15.1. The van der Waals surface area contributed by atoms with Crippen LogP contribution >= 0.6 is 0 Å². The highest BCUT2D eigenvalue weighted by Gasteiger charge is 1.74. The van der Waals surface area contributed by atoms with Gasteiger partial charge in [0.25, 0.3) is 0 Å². The van der Waals surface area contributed by atoms with Gasteiger partial charge in [-0.3, -0.25) is 0 Å².